The average molecular weight is 279 g/mol. The number of carbonyl (C=O) groups is 1. The molecule has 0 aromatic heterocycles. The van der Waals surface area contributed by atoms with Crippen molar-refractivity contribution in [2.45, 2.75) is 38.1 Å². The molecule has 1 heterocycles. The van der Waals surface area contributed by atoms with Gasteiger partial charge in [-0.05, 0) is 49.8 Å². The van der Waals surface area contributed by atoms with Gasteiger partial charge in [-0.2, -0.15) is 0 Å². The molecule has 1 aliphatic carbocycles. The van der Waals surface area contributed by atoms with E-state index in [1.54, 1.807) is 18.2 Å². The SMILES string of the molecule is Nc1ccc(C(=O)N2CCCC3CCCC32)c(Cl)c1. The summed E-state index contributed by atoms with van der Waals surface area (Å²) in [5.74, 6) is 0.770. The topological polar surface area (TPSA) is 46.3 Å². The largest absolute Gasteiger partial charge is 0.399 e. The Morgan fingerprint density at radius 1 is 1.26 bits per heavy atom. The van der Waals surface area contributed by atoms with Crippen LogP contribution in [0.5, 0.6) is 0 Å². The Morgan fingerprint density at radius 3 is 2.84 bits per heavy atom. The van der Waals surface area contributed by atoms with Gasteiger partial charge in [0, 0.05) is 18.3 Å². The van der Waals surface area contributed by atoms with Crippen molar-refractivity contribution in [2.75, 3.05) is 12.3 Å². The summed E-state index contributed by atoms with van der Waals surface area (Å²) in [6.45, 7) is 0.862. The van der Waals surface area contributed by atoms with Gasteiger partial charge in [0.15, 0.2) is 0 Å². The smallest absolute Gasteiger partial charge is 0.255 e. The maximum absolute atomic E-state index is 12.7. The molecule has 19 heavy (non-hydrogen) atoms. The summed E-state index contributed by atoms with van der Waals surface area (Å²) in [4.78, 5) is 14.7. The minimum atomic E-state index is 0.0709. The van der Waals surface area contributed by atoms with Gasteiger partial charge in [0.2, 0.25) is 0 Å². The van der Waals surface area contributed by atoms with E-state index in [-0.39, 0.29) is 5.91 Å². The van der Waals surface area contributed by atoms with Gasteiger partial charge in [0.05, 0.1) is 10.6 Å². The number of rotatable bonds is 1. The number of halogens is 1. The van der Waals surface area contributed by atoms with E-state index < -0.39 is 0 Å². The number of likely N-dealkylation sites (tertiary alicyclic amines) is 1. The van der Waals surface area contributed by atoms with Crippen molar-refractivity contribution in [1.29, 1.82) is 0 Å². The van der Waals surface area contributed by atoms with Crippen LogP contribution in [0.15, 0.2) is 18.2 Å². The van der Waals surface area contributed by atoms with Crippen molar-refractivity contribution < 1.29 is 4.79 Å². The lowest BCUT2D eigenvalue weighted by molar-refractivity contribution is 0.0548. The van der Waals surface area contributed by atoms with E-state index in [0.717, 1.165) is 19.4 Å². The van der Waals surface area contributed by atoms with Crippen LogP contribution in [-0.4, -0.2) is 23.4 Å². The summed E-state index contributed by atoms with van der Waals surface area (Å²) in [6.07, 6.45) is 6.03. The number of amides is 1. The highest BCUT2D eigenvalue weighted by Crippen LogP contribution is 2.37. The molecule has 3 rings (SSSR count). The number of benzene rings is 1. The summed E-state index contributed by atoms with van der Waals surface area (Å²) in [7, 11) is 0. The van der Waals surface area contributed by atoms with Gasteiger partial charge in [-0.1, -0.05) is 18.0 Å². The minimum Gasteiger partial charge on any atom is -0.399 e. The monoisotopic (exact) mass is 278 g/mol. The third-order valence-electron chi connectivity index (χ3n) is 4.48. The number of fused-ring (bicyclic) bond motifs is 1. The lowest BCUT2D eigenvalue weighted by Gasteiger charge is -2.38. The molecule has 0 bridgehead atoms. The van der Waals surface area contributed by atoms with Gasteiger partial charge in [-0.3, -0.25) is 4.79 Å². The molecule has 1 aliphatic heterocycles. The van der Waals surface area contributed by atoms with E-state index in [2.05, 4.69) is 0 Å². The second-order valence-electron chi connectivity index (χ2n) is 5.64. The molecule has 2 atom stereocenters. The second-order valence-corrected chi connectivity index (χ2v) is 6.05. The second kappa shape index (κ2) is 5.04. The first-order valence-corrected chi connectivity index (χ1v) is 7.40. The van der Waals surface area contributed by atoms with Crippen molar-refractivity contribution >= 4 is 23.2 Å². The van der Waals surface area contributed by atoms with Crippen molar-refractivity contribution in [3.05, 3.63) is 28.8 Å². The van der Waals surface area contributed by atoms with E-state index in [4.69, 9.17) is 17.3 Å². The summed E-state index contributed by atoms with van der Waals surface area (Å²) in [6, 6.07) is 5.58. The van der Waals surface area contributed by atoms with Crippen molar-refractivity contribution in [2.24, 2.45) is 5.92 Å². The zero-order valence-electron chi connectivity index (χ0n) is 10.9. The first kappa shape index (κ1) is 12.8. The molecule has 1 saturated heterocycles. The predicted octanol–water partition coefficient (Wildman–Crippen LogP) is 3.33. The van der Waals surface area contributed by atoms with Crippen LogP contribution < -0.4 is 5.73 Å². The van der Waals surface area contributed by atoms with Crippen molar-refractivity contribution in [1.82, 2.24) is 4.90 Å². The van der Waals surface area contributed by atoms with E-state index in [0.29, 0.717) is 28.2 Å². The van der Waals surface area contributed by atoms with Crippen molar-refractivity contribution in [3.63, 3.8) is 0 Å². The van der Waals surface area contributed by atoms with E-state index >= 15 is 0 Å². The molecule has 2 N–H and O–H groups in total. The maximum Gasteiger partial charge on any atom is 0.255 e. The molecule has 1 saturated carbocycles. The van der Waals surface area contributed by atoms with Crippen LogP contribution in [0.3, 0.4) is 0 Å². The summed E-state index contributed by atoms with van der Waals surface area (Å²) in [5, 5.41) is 0.463. The number of hydrogen-bond acceptors (Lipinski definition) is 2. The molecule has 3 nitrogen and oxygen atoms in total. The zero-order chi connectivity index (χ0) is 13.4. The van der Waals surface area contributed by atoms with Gasteiger partial charge in [0.1, 0.15) is 0 Å². The quantitative estimate of drug-likeness (QED) is 0.801. The number of nitrogen functional groups attached to an aromatic ring is 1. The average Bonchev–Trinajstić information content (AvgIpc) is 2.86. The third kappa shape index (κ3) is 2.32. The number of anilines is 1. The van der Waals surface area contributed by atoms with Crippen LogP contribution in [0, 0.1) is 5.92 Å². The van der Waals surface area contributed by atoms with Gasteiger partial charge < -0.3 is 10.6 Å². The van der Waals surface area contributed by atoms with Crippen molar-refractivity contribution in [3.8, 4) is 0 Å². The Balaban J connectivity index is 1.86. The number of carbonyl (C=O) groups excluding carboxylic acids is 1. The lowest BCUT2D eigenvalue weighted by atomic mass is 9.91. The van der Waals surface area contributed by atoms with E-state index in [9.17, 15) is 4.79 Å². The molecule has 102 valence electrons. The number of piperidine rings is 1. The first-order valence-electron chi connectivity index (χ1n) is 7.03. The van der Waals surface area contributed by atoms with Crippen LogP contribution in [0.4, 0.5) is 5.69 Å². The van der Waals surface area contributed by atoms with Crippen LogP contribution in [0.2, 0.25) is 5.02 Å². The Kier molecular flexibility index (Phi) is 3.40. The predicted molar refractivity (Wildman–Crippen MR) is 77.3 cm³/mol. The molecule has 2 unspecified atom stereocenters. The molecule has 2 aliphatic rings. The molecule has 2 fully saturated rings. The molecule has 0 radical (unpaired) electrons. The zero-order valence-corrected chi connectivity index (χ0v) is 11.7. The normalized spacial score (nSPS) is 26.3. The minimum absolute atomic E-state index is 0.0709. The highest BCUT2D eigenvalue weighted by Gasteiger charge is 2.37. The summed E-state index contributed by atoms with van der Waals surface area (Å²) < 4.78 is 0. The standard InChI is InChI=1S/C15H19ClN2O/c16-13-9-11(17)6-7-12(13)15(19)18-8-2-4-10-3-1-5-14(10)18/h6-7,9-10,14H,1-5,8,17H2. The first-order chi connectivity index (χ1) is 9.16. The fourth-order valence-corrected chi connectivity index (χ4v) is 3.84. The van der Waals surface area contributed by atoms with Crippen LogP contribution >= 0.6 is 11.6 Å². The number of nitrogens with two attached hydrogens (primary N) is 1. The molecule has 0 spiro atoms. The Labute approximate surface area is 118 Å². The van der Waals surface area contributed by atoms with E-state index in [1.807, 2.05) is 4.90 Å². The fraction of sp³-hybridized carbons (Fsp3) is 0.533. The van der Waals surface area contributed by atoms with Crippen LogP contribution in [0.1, 0.15) is 42.5 Å². The lowest BCUT2D eigenvalue weighted by Crippen LogP contribution is -2.46. The Morgan fingerprint density at radius 2 is 2.05 bits per heavy atom. The van der Waals surface area contributed by atoms with E-state index in [1.165, 1.54) is 19.3 Å². The Hall–Kier alpha value is -1.22. The fourth-order valence-electron chi connectivity index (χ4n) is 3.57. The molecule has 1 aromatic carbocycles. The highest BCUT2D eigenvalue weighted by molar-refractivity contribution is 6.34. The number of nitrogens with zero attached hydrogens (tertiary/aromatic N) is 1. The summed E-state index contributed by atoms with van der Waals surface area (Å²) in [5.41, 5.74) is 6.87. The molecule has 1 amide bonds. The summed E-state index contributed by atoms with van der Waals surface area (Å²) >= 11 is 6.16. The number of hydrogen-bond donors (Lipinski definition) is 1. The van der Waals surface area contributed by atoms with Gasteiger partial charge >= 0.3 is 0 Å². The van der Waals surface area contributed by atoms with Gasteiger partial charge in [0.25, 0.3) is 5.91 Å². The maximum atomic E-state index is 12.7. The highest BCUT2D eigenvalue weighted by atomic mass is 35.5. The van der Waals surface area contributed by atoms with Gasteiger partial charge in [-0.25, -0.2) is 0 Å². The molecular formula is C15H19ClN2O. The third-order valence-corrected chi connectivity index (χ3v) is 4.79. The molecular weight excluding hydrogens is 260 g/mol. The van der Waals surface area contributed by atoms with Gasteiger partial charge in [-0.15, -0.1) is 0 Å². The Bertz CT molecular complexity index is 503. The van der Waals surface area contributed by atoms with Crippen LogP contribution in [0.25, 0.3) is 0 Å². The van der Waals surface area contributed by atoms with Crippen LogP contribution in [-0.2, 0) is 0 Å². The molecule has 4 heteroatoms. The molecule has 1 aromatic rings.